The van der Waals surface area contributed by atoms with Crippen LogP contribution in [0.5, 0.6) is 0 Å². The van der Waals surface area contributed by atoms with Crippen LogP contribution in [0.15, 0.2) is 93.6 Å². The summed E-state index contributed by atoms with van der Waals surface area (Å²) in [7, 11) is -11.6. The molecule has 1 atom stereocenters. The van der Waals surface area contributed by atoms with Gasteiger partial charge in [0.1, 0.15) is 4.91 Å². The number of Topliss-reactive ketones (excluding diaryl/α,β-unsaturated/α-hetero) is 1. The topological polar surface area (TPSA) is 133 Å². The quantitative estimate of drug-likeness (QED) is 0.367. The van der Waals surface area contributed by atoms with E-state index in [-0.39, 0.29) is 25.9 Å². The molecule has 1 aliphatic rings. The second-order valence-corrected chi connectivity index (χ2v) is 14.9. The van der Waals surface area contributed by atoms with Gasteiger partial charge in [0, 0.05) is 30.4 Å². The van der Waals surface area contributed by atoms with Crippen LogP contribution in [0.25, 0.3) is 0 Å². The van der Waals surface area contributed by atoms with Crippen LogP contribution in [0, 0.1) is 6.92 Å². The van der Waals surface area contributed by atoms with Gasteiger partial charge in [0.2, 0.25) is 25.6 Å². The Morgan fingerprint density at radius 3 is 1.97 bits per heavy atom. The zero-order valence-electron chi connectivity index (χ0n) is 20.4. The molecule has 3 aromatic rings. The number of rotatable bonds is 8. The minimum absolute atomic E-state index is 0.0996. The third kappa shape index (κ3) is 4.69. The molecule has 0 amide bonds. The van der Waals surface area contributed by atoms with Crippen molar-refractivity contribution >= 4 is 44.8 Å². The molecule has 0 aromatic heterocycles. The summed E-state index contributed by atoms with van der Waals surface area (Å²) in [5.41, 5.74) is 0.498. The molecule has 1 N–H and O–H groups in total. The van der Waals surface area contributed by atoms with Crippen molar-refractivity contribution in [3.63, 3.8) is 0 Å². The van der Waals surface area contributed by atoms with E-state index in [0.717, 1.165) is 25.9 Å². The predicted octanol–water partition coefficient (Wildman–Crippen LogP) is 4.82. The highest BCUT2D eigenvalue weighted by atomic mass is 35.5. The molecule has 0 heterocycles. The molecule has 3 aromatic carbocycles. The highest BCUT2D eigenvalue weighted by molar-refractivity contribution is 7.96. The number of hydrogen-bond donors (Lipinski definition) is 1. The number of carbonyl (C=O) groups excluding carboxylic acids is 1. The Balaban J connectivity index is 2.07. The summed E-state index contributed by atoms with van der Waals surface area (Å²) in [5.74, 6) is -0.902. The molecule has 200 valence electrons. The first-order valence-corrected chi connectivity index (χ1v) is 15.9. The second kappa shape index (κ2) is 10.2. The standard InChI is InChI=1S/C25H23ClNO8PS2/c1-17-8-12-19(13-9-17)37(30,31)23-16-25(36(29,34-2)35-3,22-7-5-4-6-21(22)24(23)28)27-38(32,33)20-14-10-18(26)11-15-20/h4-16,27H,1-3H3. The van der Waals surface area contributed by atoms with Crippen LogP contribution >= 0.6 is 19.2 Å². The normalized spacial score (nSPS) is 18.1. The van der Waals surface area contributed by atoms with E-state index in [4.69, 9.17) is 20.6 Å². The SMILES string of the molecule is COP(=O)(OC)C1(NS(=O)(=O)c2ccc(Cl)cc2)C=C(S(=O)(=O)c2ccc(C)cc2)C(=O)c2ccccc21. The fourth-order valence-electron chi connectivity index (χ4n) is 4.13. The smallest absolute Gasteiger partial charge is 0.310 e. The molecule has 0 spiro atoms. The van der Waals surface area contributed by atoms with Gasteiger partial charge in [0.25, 0.3) is 0 Å². The zero-order valence-corrected chi connectivity index (χ0v) is 23.7. The molecule has 0 bridgehead atoms. The minimum Gasteiger partial charge on any atom is -0.310 e. The van der Waals surface area contributed by atoms with Crippen LogP contribution in [0.1, 0.15) is 21.5 Å². The molecule has 0 radical (unpaired) electrons. The van der Waals surface area contributed by atoms with Crippen molar-refractivity contribution in [1.29, 1.82) is 0 Å². The maximum absolute atomic E-state index is 14.2. The zero-order chi connectivity index (χ0) is 27.9. The summed E-state index contributed by atoms with van der Waals surface area (Å²) >= 11 is 5.91. The van der Waals surface area contributed by atoms with Crippen molar-refractivity contribution in [1.82, 2.24) is 4.72 Å². The van der Waals surface area contributed by atoms with Crippen LogP contribution < -0.4 is 4.72 Å². The fraction of sp³-hybridized carbons (Fsp3) is 0.160. The number of fused-ring (bicyclic) bond motifs is 1. The number of sulfone groups is 1. The predicted molar refractivity (Wildman–Crippen MR) is 142 cm³/mol. The Hall–Kier alpha value is -2.63. The van der Waals surface area contributed by atoms with Crippen molar-refractivity contribution in [2.75, 3.05) is 14.2 Å². The number of benzene rings is 3. The van der Waals surface area contributed by atoms with Crippen molar-refractivity contribution in [2.45, 2.75) is 22.0 Å². The van der Waals surface area contributed by atoms with E-state index in [1.807, 2.05) is 0 Å². The molecule has 1 unspecified atom stereocenters. The van der Waals surface area contributed by atoms with Crippen LogP contribution in [-0.4, -0.2) is 36.8 Å². The summed E-state index contributed by atoms with van der Waals surface area (Å²) in [6, 6.07) is 16.5. The first-order valence-electron chi connectivity index (χ1n) is 11.0. The van der Waals surface area contributed by atoms with Crippen LogP contribution in [-0.2, 0) is 38.8 Å². The van der Waals surface area contributed by atoms with E-state index in [2.05, 4.69) is 4.72 Å². The van der Waals surface area contributed by atoms with Gasteiger partial charge in [0.15, 0.2) is 5.28 Å². The molecule has 13 heteroatoms. The lowest BCUT2D eigenvalue weighted by molar-refractivity contribution is 0.103. The number of halogens is 1. The average molecular weight is 596 g/mol. The Bertz CT molecular complexity index is 1690. The molecule has 1 aliphatic carbocycles. The molecule has 9 nitrogen and oxygen atoms in total. The average Bonchev–Trinajstić information content (AvgIpc) is 2.90. The lowest BCUT2D eigenvalue weighted by Crippen LogP contribution is -2.48. The van der Waals surface area contributed by atoms with Crippen molar-refractivity contribution in [2.24, 2.45) is 0 Å². The summed E-state index contributed by atoms with van der Waals surface area (Å²) in [4.78, 5) is 12.3. The monoisotopic (exact) mass is 595 g/mol. The Morgan fingerprint density at radius 1 is 0.842 bits per heavy atom. The number of allylic oxidation sites excluding steroid dienone is 1. The maximum Gasteiger partial charge on any atom is 0.359 e. The lowest BCUT2D eigenvalue weighted by atomic mass is 9.92. The van der Waals surface area contributed by atoms with Crippen LogP contribution in [0.4, 0.5) is 0 Å². The van der Waals surface area contributed by atoms with Gasteiger partial charge < -0.3 is 9.05 Å². The van der Waals surface area contributed by atoms with Gasteiger partial charge in [-0.3, -0.25) is 9.36 Å². The van der Waals surface area contributed by atoms with E-state index < -0.39 is 43.4 Å². The molecular formula is C25H23ClNO8PS2. The highest BCUT2D eigenvalue weighted by Crippen LogP contribution is 2.66. The van der Waals surface area contributed by atoms with Gasteiger partial charge in [-0.1, -0.05) is 53.6 Å². The largest absolute Gasteiger partial charge is 0.359 e. The van der Waals surface area contributed by atoms with E-state index in [1.54, 1.807) is 19.1 Å². The Labute approximate surface area is 225 Å². The maximum atomic E-state index is 14.2. The molecule has 0 aliphatic heterocycles. The van der Waals surface area contributed by atoms with Crippen molar-refractivity contribution in [3.05, 3.63) is 105 Å². The van der Waals surface area contributed by atoms with E-state index in [0.29, 0.717) is 0 Å². The summed E-state index contributed by atoms with van der Waals surface area (Å²) in [6.07, 6.45) is 0.814. The van der Waals surface area contributed by atoms with E-state index in [1.165, 1.54) is 60.7 Å². The molecule has 38 heavy (non-hydrogen) atoms. The van der Waals surface area contributed by atoms with Gasteiger partial charge in [-0.2, -0.15) is 4.72 Å². The Morgan fingerprint density at radius 2 is 1.39 bits per heavy atom. The second-order valence-electron chi connectivity index (χ2n) is 8.39. The third-order valence-corrected chi connectivity index (χ3v) is 12.1. The molecular weight excluding hydrogens is 573 g/mol. The number of hydrogen-bond acceptors (Lipinski definition) is 8. The van der Waals surface area contributed by atoms with Crippen LogP contribution in [0.2, 0.25) is 5.02 Å². The van der Waals surface area contributed by atoms with Gasteiger partial charge in [-0.25, -0.2) is 16.8 Å². The van der Waals surface area contributed by atoms with E-state index >= 15 is 0 Å². The number of carbonyl (C=O) groups is 1. The van der Waals surface area contributed by atoms with Gasteiger partial charge in [0.05, 0.1) is 9.79 Å². The summed E-state index contributed by atoms with van der Waals surface area (Å²) in [6.45, 7) is 1.77. The van der Waals surface area contributed by atoms with Gasteiger partial charge in [-0.15, -0.1) is 0 Å². The first kappa shape index (κ1) is 28.4. The molecule has 4 rings (SSSR count). The van der Waals surface area contributed by atoms with Crippen LogP contribution in [0.3, 0.4) is 0 Å². The summed E-state index contributed by atoms with van der Waals surface area (Å²) in [5, 5.41) is -2.16. The minimum atomic E-state index is -4.59. The molecule has 0 fully saturated rings. The number of sulfonamides is 1. The number of aryl methyl sites for hydroxylation is 1. The van der Waals surface area contributed by atoms with Crippen molar-refractivity contribution < 1.29 is 35.2 Å². The van der Waals surface area contributed by atoms with E-state index in [9.17, 15) is 26.2 Å². The third-order valence-electron chi connectivity index (χ3n) is 6.09. The number of nitrogens with one attached hydrogen (secondary N) is 1. The number of ketones is 1. The van der Waals surface area contributed by atoms with Gasteiger partial charge in [-0.05, 0) is 49.4 Å². The van der Waals surface area contributed by atoms with Crippen molar-refractivity contribution in [3.8, 4) is 0 Å². The van der Waals surface area contributed by atoms with Gasteiger partial charge >= 0.3 is 7.60 Å². The molecule has 0 saturated carbocycles. The first-order chi connectivity index (χ1) is 17.8. The fourth-order valence-corrected chi connectivity index (χ4v) is 9.28. The Kier molecular flexibility index (Phi) is 7.59. The summed E-state index contributed by atoms with van der Waals surface area (Å²) < 4.78 is 81.7. The highest BCUT2D eigenvalue weighted by Gasteiger charge is 2.58. The lowest BCUT2D eigenvalue weighted by Gasteiger charge is -2.39. The molecule has 0 saturated heterocycles.